The van der Waals surface area contributed by atoms with Gasteiger partial charge in [0.25, 0.3) is 11.8 Å². The Hall–Kier alpha value is -3.81. The van der Waals surface area contributed by atoms with E-state index in [2.05, 4.69) is 20.1 Å². The third-order valence-electron chi connectivity index (χ3n) is 4.77. The van der Waals surface area contributed by atoms with Gasteiger partial charge in [-0.3, -0.25) is 9.36 Å². The van der Waals surface area contributed by atoms with Crippen LogP contribution in [-0.4, -0.2) is 42.5 Å². The van der Waals surface area contributed by atoms with Gasteiger partial charge in [-0.2, -0.15) is 4.98 Å². The molecule has 1 amide bonds. The van der Waals surface area contributed by atoms with Crippen molar-refractivity contribution in [3.05, 3.63) is 78.3 Å². The Balaban J connectivity index is 1.47. The molecule has 0 bridgehead atoms. The molecular formula is C23H24N6O2. The highest BCUT2D eigenvalue weighted by Gasteiger charge is 2.21. The molecule has 1 aromatic carbocycles. The average molecular weight is 416 g/mol. The number of carbonyl (C=O) groups excluding carboxylic acids is 1. The zero-order chi connectivity index (χ0) is 22.0. The van der Waals surface area contributed by atoms with E-state index in [1.807, 2.05) is 63.2 Å². The van der Waals surface area contributed by atoms with E-state index in [0.717, 1.165) is 11.1 Å². The number of hydrogen-bond acceptors (Lipinski definition) is 6. The van der Waals surface area contributed by atoms with Crippen LogP contribution >= 0.6 is 0 Å². The van der Waals surface area contributed by atoms with Crippen LogP contribution in [0.4, 0.5) is 0 Å². The van der Waals surface area contributed by atoms with Crippen LogP contribution in [0.3, 0.4) is 0 Å². The lowest BCUT2D eigenvalue weighted by atomic mass is 9.96. The van der Waals surface area contributed by atoms with Crippen LogP contribution < -0.4 is 0 Å². The third-order valence-corrected chi connectivity index (χ3v) is 4.77. The van der Waals surface area contributed by atoms with Crippen molar-refractivity contribution in [1.29, 1.82) is 0 Å². The van der Waals surface area contributed by atoms with Gasteiger partial charge in [0, 0.05) is 31.4 Å². The molecule has 0 N–H and O–H groups in total. The highest BCUT2D eigenvalue weighted by Crippen LogP contribution is 2.23. The van der Waals surface area contributed by atoms with Crippen LogP contribution in [0.15, 0.2) is 65.7 Å². The summed E-state index contributed by atoms with van der Waals surface area (Å²) in [5, 5.41) is 4.04. The molecule has 4 aromatic rings. The van der Waals surface area contributed by atoms with Crippen molar-refractivity contribution in [2.24, 2.45) is 0 Å². The maximum absolute atomic E-state index is 12.7. The number of benzene rings is 1. The molecular weight excluding hydrogens is 392 g/mol. The number of rotatable bonds is 5. The number of imidazole rings is 1. The third kappa shape index (κ3) is 4.53. The Morgan fingerprint density at radius 1 is 1.10 bits per heavy atom. The van der Waals surface area contributed by atoms with Gasteiger partial charge in [0.05, 0.1) is 5.56 Å². The molecule has 3 heterocycles. The first kappa shape index (κ1) is 20.5. The molecule has 0 saturated heterocycles. The van der Waals surface area contributed by atoms with Crippen LogP contribution in [0.2, 0.25) is 0 Å². The largest absolute Gasteiger partial charge is 0.336 e. The molecule has 0 aliphatic carbocycles. The summed E-state index contributed by atoms with van der Waals surface area (Å²) in [6.45, 7) is 6.59. The minimum atomic E-state index is -0.192. The molecule has 3 aromatic heterocycles. The predicted octanol–water partition coefficient (Wildman–Crippen LogP) is 3.89. The zero-order valence-corrected chi connectivity index (χ0v) is 18.0. The number of pyridine rings is 1. The summed E-state index contributed by atoms with van der Waals surface area (Å²) in [6.07, 6.45) is 4.92. The summed E-state index contributed by atoms with van der Waals surface area (Å²) < 4.78 is 7.07. The van der Waals surface area contributed by atoms with Gasteiger partial charge in [-0.15, -0.1) is 0 Å². The van der Waals surface area contributed by atoms with Gasteiger partial charge in [-0.1, -0.05) is 56.3 Å². The Bertz CT molecular complexity index is 1170. The SMILES string of the molecule is CN(Cc1ccccc1)C(=O)c1cn(-c2ccc(-c3nc(C(C)(C)C)no3)cn2)cn1. The standard InChI is InChI=1S/C23H24N6O2/c1-23(2,3)22-26-20(31-27-22)17-10-11-19(24-12-17)29-14-18(25-15-29)21(30)28(4)13-16-8-6-5-7-9-16/h5-12,14-15H,13H2,1-4H3. The molecule has 0 aliphatic heterocycles. The molecule has 0 unspecified atom stereocenters. The van der Waals surface area contributed by atoms with E-state index in [1.54, 1.807) is 35.2 Å². The van der Waals surface area contributed by atoms with E-state index in [4.69, 9.17) is 4.52 Å². The van der Waals surface area contributed by atoms with Gasteiger partial charge in [0.2, 0.25) is 0 Å². The van der Waals surface area contributed by atoms with Crippen molar-refractivity contribution < 1.29 is 9.32 Å². The maximum Gasteiger partial charge on any atom is 0.274 e. The number of hydrogen-bond donors (Lipinski definition) is 0. The molecule has 0 fully saturated rings. The quantitative estimate of drug-likeness (QED) is 0.490. The van der Waals surface area contributed by atoms with E-state index >= 15 is 0 Å². The molecule has 31 heavy (non-hydrogen) atoms. The van der Waals surface area contributed by atoms with Crippen LogP contribution in [0.1, 0.15) is 42.6 Å². The average Bonchev–Trinajstić information content (AvgIpc) is 3.44. The van der Waals surface area contributed by atoms with Crippen molar-refractivity contribution in [3.63, 3.8) is 0 Å². The van der Waals surface area contributed by atoms with Crippen molar-refractivity contribution >= 4 is 5.91 Å². The Kier molecular flexibility index (Phi) is 5.37. The molecule has 0 atom stereocenters. The summed E-state index contributed by atoms with van der Waals surface area (Å²) in [7, 11) is 1.76. The summed E-state index contributed by atoms with van der Waals surface area (Å²) in [5.74, 6) is 1.55. The van der Waals surface area contributed by atoms with Crippen molar-refractivity contribution in [2.45, 2.75) is 32.7 Å². The van der Waals surface area contributed by atoms with Crippen LogP contribution in [0, 0.1) is 0 Å². The first-order chi connectivity index (χ1) is 14.8. The summed E-state index contributed by atoms with van der Waals surface area (Å²) in [6, 6.07) is 13.5. The number of amides is 1. The second-order valence-corrected chi connectivity index (χ2v) is 8.39. The van der Waals surface area contributed by atoms with Crippen molar-refractivity contribution in [2.75, 3.05) is 7.05 Å². The van der Waals surface area contributed by atoms with E-state index in [0.29, 0.717) is 29.8 Å². The highest BCUT2D eigenvalue weighted by atomic mass is 16.5. The molecule has 0 saturated carbocycles. The summed E-state index contributed by atoms with van der Waals surface area (Å²) in [4.78, 5) is 27.5. The number of nitrogens with zero attached hydrogens (tertiary/aromatic N) is 6. The second kappa shape index (κ2) is 8.14. The Morgan fingerprint density at radius 3 is 2.52 bits per heavy atom. The molecule has 8 nitrogen and oxygen atoms in total. The fourth-order valence-corrected chi connectivity index (χ4v) is 2.99. The lowest BCUT2D eigenvalue weighted by Crippen LogP contribution is -2.26. The van der Waals surface area contributed by atoms with Crippen LogP contribution in [-0.2, 0) is 12.0 Å². The normalized spacial score (nSPS) is 11.5. The van der Waals surface area contributed by atoms with Gasteiger partial charge in [0.1, 0.15) is 17.8 Å². The van der Waals surface area contributed by atoms with Gasteiger partial charge >= 0.3 is 0 Å². The first-order valence-corrected chi connectivity index (χ1v) is 9.95. The van der Waals surface area contributed by atoms with E-state index in [-0.39, 0.29) is 11.3 Å². The monoisotopic (exact) mass is 416 g/mol. The second-order valence-electron chi connectivity index (χ2n) is 8.39. The first-order valence-electron chi connectivity index (χ1n) is 9.95. The number of carbonyl (C=O) groups is 1. The van der Waals surface area contributed by atoms with E-state index in [1.165, 1.54) is 0 Å². The van der Waals surface area contributed by atoms with Gasteiger partial charge in [0.15, 0.2) is 5.82 Å². The van der Waals surface area contributed by atoms with Crippen molar-refractivity contribution in [1.82, 2.24) is 29.6 Å². The van der Waals surface area contributed by atoms with E-state index in [9.17, 15) is 4.79 Å². The molecule has 0 spiro atoms. The molecule has 0 aliphatic rings. The Morgan fingerprint density at radius 2 is 1.87 bits per heavy atom. The Labute approximate surface area is 180 Å². The fourth-order valence-electron chi connectivity index (χ4n) is 2.99. The highest BCUT2D eigenvalue weighted by molar-refractivity contribution is 5.92. The summed E-state index contributed by atoms with van der Waals surface area (Å²) >= 11 is 0. The van der Waals surface area contributed by atoms with Crippen LogP contribution in [0.5, 0.6) is 0 Å². The minimum absolute atomic E-state index is 0.153. The zero-order valence-electron chi connectivity index (χ0n) is 18.0. The minimum Gasteiger partial charge on any atom is -0.336 e. The van der Waals surface area contributed by atoms with Gasteiger partial charge in [-0.05, 0) is 17.7 Å². The van der Waals surface area contributed by atoms with Crippen molar-refractivity contribution in [3.8, 4) is 17.3 Å². The molecule has 0 radical (unpaired) electrons. The van der Waals surface area contributed by atoms with Gasteiger partial charge < -0.3 is 9.42 Å². The van der Waals surface area contributed by atoms with Crippen LogP contribution in [0.25, 0.3) is 17.3 Å². The number of aromatic nitrogens is 5. The molecule has 4 rings (SSSR count). The lowest BCUT2D eigenvalue weighted by Gasteiger charge is -2.15. The fraction of sp³-hybridized carbons (Fsp3) is 0.261. The van der Waals surface area contributed by atoms with E-state index < -0.39 is 0 Å². The molecule has 158 valence electrons. The maximum atomic E-state index is 12.7. The smallest absolute Gasteiger partial charge is 0.274 e. The lowest BCUT2D eigenvalue weighted by molar-refractivity contribution is 0.0780. The summed E-state index contributed by atoms with van der Waals surface area (Å²) in [5.41, 5.74) is 1.95. The predicted molar refractivity (Wildman–Crippen MR) is 116 cm³/mol. The van der Waals surface area contributed by atoms with Gasteiger partial charge in [-0.25, -0.2) is 9.97 Å². The molecule has 8 heteroatoms. The topological polar surface area (TPSA) is 89.9 Å².